The lowest BCUT2D eigenvalue weighted by Crippen LogP contribution is -2.38. The van der Waals surface area contributed by atoms with Gasteiger partial charge in [0.05, 0.1) is 19.3 Å². The highest BCUT2D eigenvalue weighted by Gasteiger charge is 2.21. The van der Waals surface area contributed by atoms with Gasteiger partial charge in [-0.2, -0.15) is 0 Å². The van der Waals surface area contributed by atoms with Crippen LogP contribution in [-0.4, -0.2) is 74.5 Å². The van der Waals surface area contributed by atoms with Crippen LogP contribution in [0.2, 0.25) is 0 Å². The largest absolute Gasteiger partial charge is 0.390 e. The van der Waals surface area contributed by atoms with Gasteiger partial charge in [0.2, 0.25) is 0 Å². The monoisotopic (exact) mass is 305 g/mol. The van der Waals surface area contributed by atoms with E-state index in [4.69, 9.17) is 4.74 Å². The van der Waals surface area contributed by atoms with E-state index in [2.05, 4.69) is 10.2 Å². The highest BCUT2D eigenvalue weighted by Crippen LogP contribution is 2.17. The second-order valence-corrected chi connectivity index (χ2v) is 5.76. The number of nitrogens with zero attached hydrogens (tertiary/aromatic N) is 2. The number of aliphatic hydroxyl groups is 1. The first-order valence-corrected chi connectivity index (χ1v) is 7.85. The molecule has 1 atom stereocenters. The van der Waals surface area contributed by atoms with Gasteiger partial charge in [0, 0.05) is 50.5 Å². The van der Waals surface area contributed by atoms with Gasteiger partial charge in [-0.1, -0.05) is 0 Å². The maximum absolute atomic E-state index is 12.5. The molecule has 120 valence electrons. The lowest BCUT2D eigenvalue weighted by molar-refractivity contribution is 0.0673. The number of anilines is 1. The number of rotatable bonds is 2. The number of benzene rings is 1. The molecule has 1 amide bonds. The van der Waals surface area contributed by atoms with Crippen molar-refractivity contribution in [2.75, 3.05) is 57.4 Å². The number of amides is 1. The Balaban J connectivity index is 1.67. The third-order valence-corrected chi connectivity index (χ3v) is 4.15. The number of aliphatic hydroxyl groups excluding tert-OH is 1. The van der Waals surface area contributed by atoms with Gasteiger partial charge < -0.3 is 25.0 Å². The number of ether oxygens (including phenoxy) is 1. The average molecular weight is 305 g/mol. The summed E-state index contributed by atoms with van der Waals surface area (Å²) in [6, 6.07) is 7.73. The second-order valence-electron chi connectivity index (χ2n) is 5.76. The molecule has 1 unspecified atom stereocenters. The summed E-state index contributed by atoms with van der Waals surface area (Å²) in [6.07, 6.45) is -0.501. The minimum atomic E-state index is -0.501. The maximum Gasteiger partial charge on any atom is 0.253 e. The highest BCUT2D eigenvalue weighted by molar-refractivity contribution is 5.94. The van der Waals surface area contributed by atoms with Gasteiger partial charge in [0.1, 0.15) is 0 Å². The fourth-order valence-electron chi connectivity index (χ4n) is 2.90. The molecule has 0 saturated carbocycles. The van der Waals surface area contributed by atoms with Crippen LogP contribution in [0.25, 0.3) is 0 Å². The molecular weight excluding hydrogens is 282 g/mol. The first-order chi connectivity index (χ1) is 10.7. The number of carbonyl (C=O) groups excluding carboxylic acids is 1. The summed E-state index contributed by atoms with van der Waals surface area (Å²) in [7, 11) is 0. The molecule has 1 aromatic rings. The Morgan fingerprint density at radius 1 is 1.18 bits per heavy atom. The Morgan fingerprint density at radius 3 is 2.64 bits per heavy atom. The number of nitrogens with one attached hydrogen (secondary N) is 1. The van der Waals surface area contributed by atoms with Crippen molar-refractivity contribution in [2.45, 2.75) is 6.10 Å². The van der Waals surface area contributed by atoms with Crippen LogP contribution in [0.4, 0.5) is 5.69 Å². The molecule has 0 radical (unpaired) electrons. The van der Waals surface area contributed by atoms with E-state index in [-0.39, 0.29) is 5.91 Å². The number of morpholine rings is 1. The minimum Gasteiger partial charge on any atom is -0.390 e. The van der Waals surface area contributed by atoms with Crippen molar-refractivity contribution in [3.05, 3.63) is 29.8 Å². The van der Waals surface area contributed by atoms with Crippen LogP contribution < -0.4 is 10.2 Å². The molecule has 22 heavy (non-hydrogen) atoms. The van der Waals surface area contributed by atoms with E-state index in [1.54, 1.807) is 4.90 Å². The van der Waals surface area contributed by atoms with Crippen molar-refractivity contribution >= 4 is 11.6 Å². The van der Waals surface area contributed by atoms with Crippen LogP contribution in [0.5, 0.6) is 0 Å². The number of β-amino-alcohol motifs (C(OH)–C–C–N with tert-alkyl or cyclic N) is 1. The van der Waals surface area contributed by atoms with Crippen LogP contribution in [0, 0.1) is 0 Å². The normalized spacial score (nSPS) is 23.2. The minimum absolute atomic E-state index is 0.0173. The molecular formula is C16H23N3O3. The SMILES string of the molecule is O=C(c1ccc(N2CCOCC2)cc1)N1CCNCC(O)C1. The molecule has 2 aliphatic rings. The zero-order chi connectivity index (χ0) is 15.4. The third kappa shape index (κ3) is 3.58. The van der Waals surface area contributed by atoms with Crippen molar-refractivity contribution in [3.63, 3.8) is 0 Å². The Hall–Kier alpha value is -1.63. The average Bonchev–Trinajstić information content (AvgIpc) is 2.80. The van der Waals surface area contributed by atoms with E-state index in [1.165, 1.54) is 0 Å². The summed E-state index contributed by atoms with van der Waals surface area (Å²) in [5, 5.41) is 12.9. The topological polar surface area (TPSA) is 65.0 Å². The van der Waals surface area contributed by atoms with Crippen LogP contribution in [0.1, 0.15) is 10.4 Å². The van der Waals surface area contributed by atoms with E-state index in [1.807, 2.05) is 24.3 Å². The summed E-state index contributed by atoms with van der Waals surface area (Å²) in [6.45, 7) is 5.54. The fourth-order valence-corrected chi connectivity index (χ4v) is 2.90. The first kappa shape index (κ1) is 15.3. The molecule has 6 heteroatoms. The fraction of sp³-hybridized carbons (Fsp3) is 0.562. The zero-order valence-corrected chi connectivity index (χ0v) is 12.7. The molecule has 0 spiro atoms. The Bertz CT molecular complexity index is 500. The molecule has 2 fully saturated rings. The molecule has 6 nitrogen and oxygen atoms in total. The molecule has 1 aromatic carbocycles. The van der Waals surface area contributed by atoms with Crippen LogP contribution >= 0.6 is 0 Å². The summed E-state index contributed by atoms with van der Waals surface area (Å²) >= 11 is 0. The van der Waals surface area contributed by atoms with Gasteiger partial charge in [0.25, 0.3) is 5.91 Å². The first-order valence-electron chi connectivity index (χ1n) is 7.85. The predicted octanol–water partition coefficient (Wildman–Crippen LogP) is -0.0705. The summed E-state index contributed by atoms with van der Waals surface area (Å²) < 4.78 is 5.35. The van der Waals surface area contributed by atoms with Crippen LogP contribution in [0.3, 0.4) is 0 Å². The summed E-state index contributed by atoms with van der Waals surface area (Å²) in [5.74, 6) is -0.0173. The third-order valence-electron chi connectivity index (χ3n) is 4.15. The standard InChI is InChI=1S/C16H23N3O3/c20-15-11-17-5-6-19(12-15)16(21)13-1-3-14(4-2-13)18-7-9-22-10-8-18/h1-4,15,17,20H,5-12H2. The van der Waals surface area contributed by atoms with Gasteiger partial charge in [-0.25, -0.2) is 0 Å². The van der Waals surface area contributed by atoms with Crippen molar-refractivity contribution in [3.8, 4) is 0 Å². The van der Waals surface area contributed by atoms with E-state index in [0.29, 0.717) is 31.7 Å². The molecule has 0 bridgehead atoms. The predicted molar refractivity (Wildman–Crippen MR) is 84.3 cm³/mol. The molecule has 0 aromatic heterocycles. The lowest BCUT2D eigenvalue weighted by Gasteiger charge is -2.29. The quantitative estimate of drug-likeness (QED) is 0.801. The van der Waals surface area contributed by atoms with Crippen LogP contribution in [-0.2, 0) is 4.74 Å². The summed E-state index contributed by atoms with van der Waals surface area (Å²) in [5.41, 5.74) is 1.79. The van der Waals surface area contributed by atoms with Gasteiger partial charge in [-0.3, -0.25) is 4.79 Å². The Morgan fingerprint density at radius 2 is 1.91 bits per heavy atom. The molecule has 0 aliphatic carbocycles. The molecule has 2 N–H and O–H groups in total. The van der Waals surface area contributed by atoms with E-state index in [0.717, 1.165) is 32.0 Å². The van der Waals surface area contributed by atoms with Gasteiger partial charge in [-0.05, 0) is 24.3 Å². The van der Waals surface area contributed by atoms with E-state index >= 15 is 0 Å². The van der Waals surface area contributed by atoms with Gasteiger partial charge in [-0.15, -0.1) is 0 Å². The Kier molecular flexibility index (Phi) is 4.92. The number of hydrogen-bond donors (Lipinski definition) is 2. The second kappa shape index (κ2) is 7.09. The zero-order valence-electron chi connectivity index (χ0n) is 12.7. The number of carbonyl (C=O) groups is 1. The van der Waals surface area contributed by atoms with E-state index in [9.17, 15) is 9.90 Å². The smallest absolute Gasteiger partial charge is 0.253 e. The molecule has 2 heterocycles. The lowest BCUT2D eigenvalue weighted by atomic mass is 10.1. The molecule has 2 aliphatic heterocycles. The molecule has 3 rings (SSSR count). The van der Waals surface area contributed by atoms with Gasteiger partial charge in [0.15, 0.2) is 0 Å². The van der Waals surface area contributed by atoms with Crippen molar-refractivity contribution in [2.24, 2.45) is 0 Å². The molecule has 2 saturated heterocycles. The van der Waals surface area contributed by atoms with Crippen molar-refractivity contribution in [1.82, 2.24) is 10.2 Å². The Labute approximate surface area is 130 Å². The van der Waals surface area contributed by atoms with Gasteiger partial charge >= 0.3 is 0 Å². The van der Waals surface area contributed by atoms with E-state index < -0.39 is 6.10 Å². The maximum atomic E-state index is 12.5. The van der Waals surface area contributed by atoms with Crippen molar-refractivity contribution < 1.29 is 14.6 Å². The number of hydrogen-bond acceptors (Lipinski definition) is 5. The van der Waals surface area contributed by atoms with Crippen LogP contribution in [0.15, 0.2) is 24.3 Å². The van der Waals surface area contributed by atoms with Crippen molar-refractivity contribution in [1.29, 1.82) is 0 Å². The highest BCUT2D eigenvalue weighted by atomic mass is 16.5. The summed E-state index contributed by atoms with van der Waals surface area (Å²) in [4.78, 5) is 16.5.